The van der Waals surface area contributed by atoms with Gasteiger partial charge in [-0.25, -0.2) is 4.39 Å². The summed E-state index contributed by atoms with van der Waals surface area (Å²) in [7, 11) is 5.03. The van der Waals surface area contributed by atoms with Crippen LogP contribution in [0.3, 0.4) is 0 Å². The number of carbonyl (C=O) groups excluding carboxylic acids is 1. The molecule has 0 radical (unpaired) electrons. The molecule has 0 aliphatic carbocycles. The van der Waals surface area contributed by atoms with Gasteiger partial charge in [0.05, 0.1) is 19.9 Å². The van der Waals surface area contributed by atoms with Crippen molar-refractivity contribution >= 4 is 11.6 Å². The molecule has 0 unspecified atom stereocenters. The topological polar surface area (TPSA) is 50.8 Å². The summed E-state index contributed by atoms with van der Waals surface area (Å²) in [4.78, 5) is 13.9. The van der Waals surface area contributed by atoms with Crippen LogP contribution in [0.1, 0.15) is 18.4 Å². The second-order valence-corrected chi connectivity index (χ2v) is 6.27. The Labute approximate surface area is 160 Å². The van der Waals surface area contributed by atoms with Crippen LogP contribution in [-0.4, -0.2) is 40.3 Å². The summed E-state index contributed by atoms with van der Waals surface area (Å²) in [5, 5.41) is 2.91. The smallest absolute Gasteiger partial charge is 0.220 e. The number of nitrogens with one attached hydrogen (secondary N) is 1. The Morgan fingerprint density at radius 1 is 1.11 bits per heavy atom. The molecule has 27 heavy (non-hydrogen) atoms. The highest BCUT2D eigenvalue weighted by Crippen LogP contribution is 2.27. The highest BCUT2D eigenvalue weighted by atomic mass is 19.1. The number of anilines is 1. The maximum atomic E-state index is 13.7. The molecule has 2 aromatic carbocycles. The molecule has 2 rings (SSSR count). The van der Waals surface area contributed by atoms with Gasteiger partial charge in [-0.05, 0) is 42.7 Å². The van der Waals surface area contributed by atoms with E-state index < -0.39 is 0 Å². The third-order valence-corrected chi connectivity index (χ3v) is 4.34. The lowest BCUT2D eigenvalue weighted by Gasteiger charge is -2.19. The second-order valence-electron chi connectivity index (χ2n) is 6.27. The summed E-state index contributed by atoms with van der Waals surface area (Å²) >= 11 is 0. The van der Waals surface area contributed by atoms with E-state index in [1.807, 2.05) is 36.2 Å². The van der Waals surface area contributed by atoms with Gasteiger partial charge >= 0.3 is 0 Å². The predicted molar refractivity (Wildman–Crippen MR) is 105 cm³/mol. The van der Waals surface area contributed by atoms with Crippen LogP contribution >= 0.6 is 0 Å². The van der Waals surface area contributed by atoms with Crippen LogP contribution in [0.25, 0.3) is 0 Å². The minimum Gasteiger partial charge on any atom is -0.493 e. The number of methoxy groups -OCH3 is 2. The van der Waals surface area contributed by atoms with Crippen LogP contribution in [-0.2, 0) is 11.2 Å². The molecule has 1 amide bonds. The molecule has 1 N–H and O–H groups in total. The zero-order chi connectivity index (χ0) is 19.6. The molecule has 2 aromatic rings. The molecule has 0 atom stereocenters. The first kappa shape index (κ1) is 20.6. The molecule has 0 aliphatic rings. The van der Waals surface area contributed by atoms with Crippen molar-refractivity contribution in [3.05, 3.63) is 53.8 Å². The van der Waals surface area contributed by atoms with Gasteiger partial charge in [0.25, 0.3) is 0 Å². The van der Waals surface area contributed by atoms with Gasteiger partial charge in [0.2, 0.25) is 5.91 Å². The molecule has 146 valence electrons. The number of ether oxygens (including phenoxy) is 2. The van der Waals surface area contributed by atoms with E-state index in [-0.39, 0.29) is 11.7 Å². The summed E-state index contributed by atoms with van der Waals surface area (Å²) in [5.74, 6) is 1.09. The van der Waals surface area contributed by atoms with Crippen LogP contribution in [0.5, 0.6) is 11.5 Å². The van der Waals surface area contributed by atoms with Gasteiger partial charge in [0.15, 0.2) is 11.5 Å². The van der Waals surface area contributed by atoms with Gasteiger partial charge in [-0.1, -0.05) is 18.2 Å². The average Bonchev–Trinajstić information content (AvgIpc) is 2.69. The van der Waals surface area contributed by atoms with Crippen molar-refractivity contribution in [2.75, 3.05) is 39.3 Å². The summed E-state index contributed by atoms with van der Waals surface area (Å²) < 4.78 is 24.2. The van der Waals surface area contributed by atoms with Gasteiger partial charge in [-0.15, -0.1) is 0 Å². The maximum Gasteiger partial charge on any atom is 0.220 e. The zero-order valence-corrected chi connectivity index (χ0v) is 16.1. The van der Waals surface area contributed by atoms with Crippen molar-refractivity contribution in [1.82, 2.24) is 5.32 Å². The second kappa shape index (κ2) is 10.4. The van der Waals surface area contributed by atoms with Gasteiger partial charge in [-0.2, -0.15) is 0 Å². The quantitative estimate of drug-likeness (QED) is 0.648. The fraction of sp³-hybridized carbons (Fsp3) is 0.381. The Balaban J connectivity index is 1.70. The van der Waals surface area contributed by atoms with Gasteiger partial charge in [0, 0.05) is 26.6 Å². The van der Waals surface area contributed by atoms with E-state index >= 15 is 0 Å². The van der Waals surface area contributed by atoms with Crippen LogP contribution in [0.2, 0.25) is 0 Å². The van der Waals surface area contributed by atoms with Gasteiger partial charge in [-0.3, -0.25) is 4.79 Å². The fourth-order valence-electron chi connectivity index (χ4n) is 2.81. The Bertz CT molecular complexity index is 752. The fourth-order valence-corrected chi connectivity index (χ4v) is 2.81. The van der Waals surface area contributed by atoms with Crippen LogP contribution in [0.15, 0.2) is 42.5 Å². The van der Waals surface area contributed by atoms with Crippen molar-refractivity contribution < 1.29 is 18.7 Å². The van der Waals surface area contributed by atoms with Crippen LogP contribution in [0.4, 0.5) is 10.1 Å². The minimum absolute atomic E-state index is 0.00155. The first-order valence-electron chi connectivity index (χ1n) is 8.98. The van der Waals surface area contributed by atoms with Crippen LogP contribution < -0.4 is 19.7 Å². The molecule has 0 aromatic heterocycles. The summed E-state index contributed by atoms with van der Waals surface area (Å²) in [6, 6.07) is 12.3. The zero-order valence-electron chi connectivity index (χ0n) is 16.1. The van der Waals surface area contributed by atoms with Crippen molar-refractivity contribution in [3.8, 4) is 11.5 Å². The number of amides is 1. The molecule has 0 heterocycles. The molecule has 0 fully saturated rings. The van der Waals surface area contributed by atoms with Gasteiger partial charge in [0.1, 0.15) is 5.82 Å². The van der Waals surface area contributed by atoms with Crippen molar-refractivity contribution in [2.45, 2.75) is 19.3 Å². The largest absolute Gasteiger partial charge is 0.493 e. The summed E-state index contributed by atoms with van der Waals surface area (Å²) in [6.07, 6.45) is 1.77. The van der Waals surface area contributed by atoms with E-state index in [0.29, 0.717) is 43.1 Å². The average molecular weight is 374 g/mol. The minimum atomic E-state index is -0.237. The number of benzene rings is 2. The molecule has 0 bridgehead atoms. The number of carbonyl (C=O) groups is 1. The monoisotopic (exact) mass is 374 g/mol. The van der Waals surface area contributed by atoms with E-state index in [0.717, 1.165) is 12.0 Å². The molecule has 0 saturated heterocycles. The molecular weight excluding hydrogens is 347 g/mol. The van der Waals surface area contributed by atoms with Crippen molar-refractivity contribution in [2.24, 2.45) is 0 Å². The number of halogens is 1. The van der Waals surface area contributed by atoms with E-state index in [2.05, 4.69) is 5.32 Å². The summed E-state index contributed by atoms with van der Waals surface area (Å²) in [6.45, 7) is 1.22. The van der Waals surface area contributed by atoms with E-state index in [4.69, 9.17) is 9.47 Å². The normalized spacial score (nSPS) is 10.4. The lowest BCUT2D eigenvalue weighted by Crippen LogP contribution is -2.28. The standard InChI is InChI=1S/C21H27FN2O3/c1-24(18-8-5-4-7-17(18)22)14-6-13-23-21(25)12-10-16-9-11-19(26-2)20(15-16)27-3/h4-5,7-9,11,15H,6,10,12-14H2,1-3H3,(H,23,25). The first-order valence-corrected chi connectivity index (χ1v) is 8.98. The van der Waals surface area contributed by atoms with Crippen molar-refractivity contribution in [3.63, 3.8) is 0 Å². The molecule has 0 saturated carbocycles. The number of nitrogens with zero attached hydrogens (tertiary/aromatic N) is 1. The van der Waals surface area contributed by atoms with E-state index in [1.165, 1.54) is 6.07 Å². The Morgan fingerprint density at radius 2 is 1.85 bits per heavy atom. The summed E-state index contributed by atoms with van der Waals surface area (Å²) in [5.41, 5.74) is 1.58. The Hall–Kier alpha value is -2.76. The number of hydrogen-bond acceptors (Lipinski definition) is 4. The maximum absolute atomic E-state index is 13.7. The number of hydrogen-bond donors (Lipinski definition) is 1. The Kier molecular flexibility index (Phi) is 7.92. The number of aryl methyl sites for hydroxylation is 1. The molecule has 6 heteroatoms. The number of para-hydroxylation sites is 1. The highest BCUT2D eigenvalue weighted by molar-refractivity contribution is 5.76. The SMILES string of the molecule is COc1ccc(CCC(=O)NCCCN(C)c2ccccc2F)cc1OC. The predicted octanol–water partition coefficient (Wildman–Crippen LogP) is 3.42. The van der Waals surface area contributed by atoms with Gasteiger partial charge < -0.3 is 19.7 Å². The van der Waals surface area contributed by atoms with E-state index in [1.54, 1.807) is 26.4 Å². The first-order chi connectivity index (χ1) is 13.0. The lowest BCUT2D eigenvalue weighted by molar-refractivity contribution is -0.121. The van der Waals surface area contributed by atoms with Crippen molar-refractivity contribution in [1.29, 1.82) is 0 Å². The molecule has 5 nitrogen and oxygen atoms in total. The highest BCUT2D eigenvalue weighted by Gasteiger charge is 2.08. The third kappa shape index (κ3) is 6.16. The Morgan fingerprint density at radius 3 is 2.56 bits per heavy atom. The molecule has 0 spiro atoms. The lowest BCUT2D eigenvalue weighted by atomic mass is 10.1. The van der Waals surface area contributed by atoms with E-state index in [9.17, 15) is 9.18 Å². The third-order valence-electron chi connectivity index (χ3n) is 4.34. The van der Waals surface area contributed by atoms with Crippen LogP contribution in [0, 0.1) is 5.82 Å². The number of rotatable bonds is 10. The molecular formula is C21H27FN2O3. The molecule has 0 aliphatic heterocycles.